The van der Waals surface area contributed by atoms with Gasteiger partial charge in [0.2, 0.25) is 5.91 Å². The molecule has 3 aromatic rings. The molecular formula is C17H15Cl2N3OS2. The van der Waals surface area contributed by atoms with Crippen LogP contribution >= 0.6 is 46.3 Å². The maximum atomic E-state index is 12.5. The lowest BCUT2D eigenvalue weighted by Crippen LogP contribution is -2.33. The number of carbonyl (C=O) groups is 1. The van der Waals surface area contributed by atoms with Gasteiger partial charge in [0.1, 0.15) is 16.2 Å². The lowest BCUT2D eigenvalue weighted by molar-refractivity contribution is -0.120. The molecular weight excluding hydrogens is 397 g/mol. The number of fused-ring (bicyclic) bond motifs is 1. The molecule has 0 saturated heterocycles. The highest BCUT2D eigenvalue weighted by Gasteiger charge is 2.20. The van der Waals surface area contributed by atoms with Gasteiger partial charge < -0.3 is 5.32 Å². The normalized spacial score (nSPS) is 13.6. The maximum absolute atomic E-state index is 12.5. The van der Waals surface area contributed by atoms with Crippen LogP contribution in [0.25, 0.3) is 10.2 Å². The Morgan fingerprint density at radius 3 is 2.80 bits per heavy atom. The average molecular weight is 412 g/mol. The van der Waals surface area contributed by atoms with E-state index >= 15 is 0 Å². The zero-order valence-electron chi connectivity index (χ0n) is 13.5. The van der Waals surface area contributed by atoms with Crippen molar-refractivity contribution in [2.45, 2.75) is 30.2 Å². The topological polar surface area (TPSA) is 54.9 Å². The lowest BCUT2D eigenvalue weighted by atomic mass is 10.1. The molecule has 130 valence electrons. The highest BCUT2D eigenvalue weighted by molar-refractivity contribution is 8.00. The fraction of sp³-hybridized carbons (Fsp3) is 0.235. The number of hydrogen-bond donors (Lipinski definition) is 1. The first-order valence-corrected chi connectivity index (χ1v) is 10.1. The number of amides is 1. The number of nitrogens with one attached hydrogen (secondary N) is 1. The lowest BCUT2D eigenvalue weighted by Gasteiger charge is -2.18. The standard InChI is InChI=1S/C17H15Cl2N3OS2/c1-9(12-4-3-11(18)7-14(12)19)22-15(23)10(2)25-17-13-5-6-24-16(13)20-8-21-17/h3-10H,1-2H3,(H,22,23)/t9-,10+/m0/s1. The Labute approximate surface area is 164 Å². The molecule has 0 aliphatic heterocycles. The first-order valence-electron chi connectivity index (χ1n) is 7.56. The second-order valence-electron chi connectivity index (χ2n) is 5.47. The third-order valence-electron chi connectivity index (χ3n) is 3.67. The minimum atomic E-state index is -0.300. The molecule has 0 radical (unpaired) electrons. The van der Waals surface area contributed by atoms with E-state index in [1.165, 1.54) is 18.1 Å². The van der Waals surface area contributed by atoms with Gasteiger partial charge in [-0.3, -0.25) is 4.79 Å². The molecule has 2 heterocycles. The molecule has 8 heteroatoms. The minimum absolute atomic E-state index is 0.0782. The van der Waals surface area contributed by atoms with Gasteiger partial charge in [0, 0.05) is 15.4 Å². The summed E-state index contributed by atoms with van der Waals surface area (Å²) in [4.78, 5) is 22.0. The smallest absolute Gasteiger partial charge is 0.233 e. The Kier molecular flexibility index (Phi) is 5.84. The Bertz CT molecular complexity index is 916. The molecule has 1 N–H and O–H groups in total. The number of rotatable bonds is 5. The molecule has 1 amide bonds. The second kappa shape index (κ2) is 7.91. The van der Waals surface area contributed by atoms with Crippen LogP contribution in [0.5, 0.6) is 0 Å². The van der Waals surface area contributed by atoms with E-state index in [4.69, 9.17) is 23.2 Å². The number of hydrogen-bond acceptors (Lipinski definition) is 5. The van der Waals surface area contributed by atoms with Gasteiger partial charge in [0.05, 0.1) is 11.3 Å². The molecule has 0 saturated carbocycles. The van der Waals surface area contributed by atoms with Crippen LogP contribution in [0, 0.1) is 0 Å². The molecule has 3 rings (SSSR count). The van der Waals surface area contributed by atoms with Crippen LogP contribution in [0.2, 0.25) is 10.0 Å². The summed E-state index contributed by atoms with van der Waals surface area (Å²) in [5, 5.41) is 7.56. The summed E-state index contributed by atoms with van der Waals surface area (Å²) in [6.45, 7) is 3.75. The molecule has 0 bridgehead atoms. The van der Waals surface area contributed by atoms with Gasteiger partial charge in [0.25, 0.3) is 0 Å². The molecule has 0 unspecified atom stereocenters. The Balaban J connectivity index is 1.69. The van der Waals surface area contributed by atoms with E-state index in [-0.39, 0.29) is 17.2 Å². The molecule has 25 heavy (non-hydrogen) atoms. The number of aromatic nitrogens is 2. The predicted octanol–water partition coefficient (Wildman–Crippen LogP) is 5.36. The fourth-order valence-corrected chi connectivity index (χ4v) is 4.62. The minimum Gasteiger partial charge on any atom is -0.349 e. The summed E-state index contributed by atoms with van der Waals surface area (Å²) in [7, 11) is 0. The average Bonchev–Trinajstić information content (AvgIpc) is 3.04. The van der Waals surface area contributed by atoms with Crippen LogP contribution in [0.15, 0.2) is 41.0 Å². The summed E-state index contributed by atoms with van der Waals surface area (Å²) in [6.07, 6.45) is 1.53. The summed E-state index contributed by atoms with van der Waals surface area (Å²) in [5.74, 6) is -0.0782. The van der Waals surface area contributed by atoms with Crippen LogP contribution < -0.4 is 5.32 Å². The van der Waals surface area contributed by atoms with Crippen LogP contribution in [0.1, 0.15) is 25.5 Å². The van der Waals surface area contributed by atoms with Crippen LogP contribution in [-0.2, 0) is 4.79 Å². The van der Waals surface area contributed by atoms with Crippen molar-refractivity contribution < 1.29 is 4.79 Å². The van der Waals surface area contributed by atoms with Crippen molar-refractivity contribution in [1.82, 2.24) is 15.3 Å². The van der Waals surface area contributed by atoms with E-state index in [2.05, 4.69) is 15.3 Å². The highest BCUT2D eigenvalue weighted by Crippen LogP contribution is 2.31. The number of thiophene rings is 1. The number of halogens is 2. The van der Waals surface area contributed by atoms with E-state index in [0.717, 1.165) is 20.8 Å². The van der Waals surface area contributed by atoms with Gasteiger partial charge in [-0.1, -0.05) is 41.0 Å². The molecule has 0 aliphatic rings. The zero-order chi connectivity index (χ0) is 18.0. The van der Waals surface area contributed by atoms with E-state index in [9.17, 15) is 4.79 Å². The van der Waals surface area contributed by atoms with Crippen molar-refractivity contribution in [2.24, 2.45) is 0 Å². The Morgan fingerprint density at radius 2 is 2.04 bits per heavy atom. The van der Waals surface area contributed by atoms with Crippen molar-refractivity contribution in [3.05, 3.63) is 51.6 Å². The number of nitrogens with zero attached hydrogens (tertiary/aromatic N) is 2. The third kappa shape index (κ3) is 4.26. The second-order valence-corrected chi connectivity index (χ2v) is 8.54. The largest absolute Gasteiger partial charge is 0.349 e. The summed E-state index contributed by atoms with van der Waals surface area (Å²) < 4.78 is 0. The van der Waals surface area contributed by atoms with Gasteiger partial charge in [-0.2, -0.15) is 0 Å². The SMILES string of the molecule is C[C@H](NC(=O)[C@@H](C)Sc1ncnc2sccc12)c1ccc(Cl)cc1Cl. The Hall–Kier alpha value is -1.34. The first kappa shape index (κ1) is 18.5. The van der Waals surface area contributed by atoms with Gasteiger partial charge in [-0.15, -0.1) is 11.3 Å². The number of benzene rings is 1. The van der Waals surface area contributed by atoms with E-state index < -0.39 is 0 Å². The maximum Gasteiger partial charge on any atom is 0.233 e. The van der Waals surface area contributed by atoms with Crippen molar-refractivity contribution in [3.8, 4) is 0 Å². The first-order chi connectivity index (χ1) is 12.0. The molecule has 0 spiro atoms. The van der Waals surface area contributed by atoms with Gasteiger partial charge >= 0.3 is 0 Å². The van der Waals surface area contributed by atoms with Crippen molar-refractivity contribution >= 4 is 62.4 Å². The van der Waals surface area contributed by atoms with Crippen molar-refractivity contribution in [2.75, 3.05) is 0 Å². The zero-order valence-corrected chi connectivity index (χ0v) is 16.6. The van der Waals surface area contributed by atoms with E-state index in [1.807, 2.05) is 31.4 Å². The van der Waals surface area contributed by atoms with Crippen LogP contribution in [0.3, 0.4) is 0 Å². The summed E-state index contributed by atoms with van der Waals surface area (Å²) in [6, 6.07) is 7.02. The predicted molar refractivity (Wildman–Crippen MR) is 106 cm³/mol. The monoisotopic (exact) mass is 411 g/mol. The van der Waals surface area contributed by atoms with Crippen molar-refractivity contribution in [3.63, 3.8) is 0 Å². The molecule has 0 fully saturated rings. The quantitative estimate of drug-likeness (QED) is 0.453. The summed E-state index contributed by atoms with van der Waals surface area (Å²) >= 11 is 15.1. The number of thioether (sulfide) groups is 1. The molecule has 2 atom stereocenters. The summed E-state index contributed by atoms with van der Waals surface area (Å²) in [5.41, 5.74) is 0.832. The van der Waals surface area contributed by atoms with Gasteiger partial charge in [0.15, 0.2) is 0 Å². The van der Waals surface area contributed by atoms with E-state index in [1.54, 1.807) is 23.5 Å². The third-order valence-corrected chi connectivity index (χ3v) is 6.17. The van der Waals surface area contributed by atoms with Crippen LogP contribution in [-0.4, -0.2) is 21.1 Å². The number of carbonyl (C=O) groups excluding carboxylic acids is 1. The van der Waals surface area contributed by atoms with Crippen molar-refractivity contribution in [1.29, 1.82) is 0 Å². The molecule has 4 nitrogen and oxygen atoms in total. The highest BCUT2D eigenvalue weighted by atomic mass is 35.5. The molecule has 2 aromatic heterocycles. The van der Waals surface area contributed by atoms with Crippen LogP contribution in [0.4, 0.5) is 0 Å². The Morgan fingerprint density at radius 1 is 1.24 bits per heavy atom. The van der Waals surface area contributed by atoms with Gasteiger partial charge in [-0.25, -0.2) is 9.97 Å². The van der Waals surface area contributed by atoms with Gasteiger partial charge in [-0.05, 0) is 43.0 Å². The molecule has 0 aliphatic carbocycles. The van der Waals surface area contributed by atoms with E-state index in [0.29, 0.717) is 10.0 Å². The fourth-order valence-electron chi connectivity index (χ4n) is 2.34. The molecule has 1 aromatic carbocycles.